The first-order chi connectivity index (χ1) is 9.61. The third kappa shape index (κ3) is 3.44. The lowest BCUT2D eigenvalue weighted by Crippen LogP contribution is -2.50. The van der Waals surface area contributed by atoms with Crippen LogP contribution in [0.2, 0.25) is 0 Å². The van der Waals surface area contributed by atoms with Crippen LogP contribution in [-0.4, -0.2) is 54.2 Å². The van der Waals surface area contributed by atoms with Crippen LogP contribution in [0.15, 0.2) is 23.4 Å². The van der Waals surface area contributed by atoms with Crippen LogP contribution in [0.25, 0.3) is 0 Å². The number of likely N-dealkylation sites (N-methyl/N-ethyl adjacent to an activating group) is 1. The van der Waals surface area contributed by atoms with Crippen LogP contribution in [-0.2, 0) is 6.54 Å². The van der Waals surface area contributed by atoms with Crippen LogP contribution in [0.3, 0.4) is 0 Å². The molecule has 1 aromatic rings. The second-order valence-corrected chi connectivity index (χ2v) is 4.89. The highest BCUT2D eigenvalue weighted by atomic mass is 19.1. The number of nitrogens with zero attached hydrogens (tertiary/aromatic N) is 3. The Morgan fingerprint density at radius 3 is 2.75 bits per heavy atom. The summed E-state index contributed by atoms with van der Waals surface area (Å²) in [5.41, 5.74) is 9.26. The van der Waals surface area contributed by atoms with Gasteiger partial charge in [0.2, 0.25) is 0 Å². The highest BCUT2D eigenvalue weighted by molar-refractivity contribution is 5.97. The summed E-state index contributed by atoms with van der Waals surface area (Å²) in [5, 5.41) is 13.5. The minimum atomic E-state index is -0.454. The van der Waals surface area contributed by atoms with Crippen molar-refractivity contribution in [3.8, 4) is 0 Å². The van der Waals surface area contributed by atoms with Gasteiger partial charge in [0.15, 0.2) is 5.84 Å². The lowest BCUT2D eigenvalue weighted by Gasteiger charge is -2.32. The quantitative estimate of drug-likeness (QED) is 0.317. The van der Waals surface area contributed by atoms with E-state index in [1.807, 2.05) is 0 Å². The Balaban J connectivity index is 1.99. The molecule has 1 saturated heterocycles. The van der Waals surface area contributed by atoms with Gasteiger partial charge in [-0.2, -0.15) is 0 Å². The van der Waals surface area contributed by atoms with E-state index in [4.69, 9.17) is 10.9 Å². The van der Waals surface area contributed by atoms with Crippen LogP contribution in [0.4, 0.5) is 4.39 Å². The molecular weight excluding hydrogens is 261 g/mol. The molecule has 1 heterocycles. The van der Waals surface area contributed by atoms with Crippen molar-refractivity contribution in [3.05, 3.63) is 35.1 Å². The van der Waals surface area contributed by atoms with Gasteiger partial charge in [0.25, 0.3) is 0 Å². The van der Waals surface area contributed by atoms with Gasteiger partial charge in [0.05, 0.1) is 5.56 Å². The standard InChI is InChI=1S/C13H20FN5O/c1-18-5-7-19(8-6-18)16-9-10-3-2-4-11(12(10)14)13(15)17-20/h2-4,16,20H,5-9H2,1H3,(H2,15,17). The second kappa shape index (κ2) is 6.65. The van der Waals surface area contributed by atoms with E-state index in [1.54, 1.807) is 12.1 Å². The number of nitrogens with one attached hydrogen (secondary N) is 1. The number of amidine groups is 1. The fourth-order valence-corrected chi connectivity index (χ4v) is 2.13. The summed E-state index contributed by atoms with van der Waals surface area (Å²) in [4.78, 5) is 2.25. The minimum absolute atomic E-state index is 0.116. The number of piperazine rings is 1. The smallest absolute Gasteiger partial charge is 0.173 e. The highest BCUT2D eigenvalue weighted by Gasteiger charge is 2.15. The van der Waals surface area contributed by atoms with Crippen LogP contribution in [0.5, 0.6) is 0 Å². The Labute approximate surface area is 117 Å². The van der Waals surface area contributed by atoms with Crippen molar-refractivity contribution in [1.82, 2.24) is 15.3 Å². The lowest BCUT2D eigenvalue weighted by atomic mass is 10.1. The fourth-order valence-electron chi connectivity index (χ4n) is 2.13. The number of rotatable bonds is 4. The average Bonchev–Trinajstić information content (AvgIpc) is 2.47. The van der Waals surface area contributed by atoms with Gasteiger partial charge >= 0.3 is 0 Å². The maximum atomic E-state index is 14.2. The molecule has 0 amide bonds. The molecule has 110 valence electrons. The first kappa shape index (κ1) is 14.7. The summed E-state index contributed by atoms with van der Waals surface area (Å²) in [6.07, 6.45) is 0. The predicted octanol–water partition coefficient (Wildman–Crippen LogP) is 0.172. The fraction of sp³-hybridized carbons (Fsp3) is 0.462. The van der Waals surface area contributed by atoms with Gasteiger partial charge < -0.3 is 15.8 Å². The Morgan fingerprint density at radius 2 is 2.10 bits per heavy atom. The maximum Gasteiger partial charge on any atom is 0.173 e. The topological polar surface area (TPSA) is 77.1 Å². The third-order valence-electron chi connectivity index (χ3n) is 3.46. The summed E-state index contributed by atoms with van der Waals surface area (Å²) in [7, 11) is 2.08. The molecule has 20 heavy (non-hydrogen) atoms. The first-order valence-corrected chi connectivity index (χ1v) is 6.54. The molecule has 0 aliphatic carbocycles. The van der Waals surface area contributed by atoms with Gasteiger partial charge in [-0.1, -0.05) is 17.3 Å². The molecule has 0 radical (unpaired) electrons. The van der Waals surface area contributed by atoms with E-state index in [9.17, 15) is 4.39 Å². The van der Waals surface area contributed by atoms with Crippen molar-refractivity contribution in [3.63, 3.8) is 0 Å². The zero-order chi connectivity index (χ0) is 14.5. The molecule has 7 heteroatoms. The van der Waals surface area contributed by atoms with Gasteiger partial charge in [-0.05, 0) is 13.1 Å². The maximum absolute atomic E-state index is 14.2. The van der Waals surface area contributed by atoms with Crippen molar-refractivity contribution >= 4 is 5.84 Å². The first-order valence-electron chi connectivity index (χ1n) is 6.54. The summed E-state index contributed by atoms with van der Waals surface area (Å²) in [6.45, 7) is 4.15. The molecule has 1 fully saturated rings. The van der Waals surface area contributed by atoms with Gasteiger partial charge in [-0.25, -0.2) is 9.40 Å². The summed E-state index contributed by atoms with van der Waals surface area (Å²) >= 11 is 0. The summed E-state index contributed by atoms with van der Waals surface area (Å²) < 4.78 is 14.2. The molecular formula is C13H20FN5O. The Morgan fingerprint density at radius 1 is 1.40 bits per heavy atom. The molecule has 0 unspecified atom stereocenters. The molecule has 1 aliphatic rings. The second-order valence-electron chi connectivity index (χ2n) is 4.89. The van der Waals surface area contributed by atoms with E-state index < -0.39 is 5.82 Å². The number of hydrogen-bond donors (Lipinski definition) is 3. The Hall–Kier alpha value is -1.70. The number of oxime groups is 1. The number of benzene rings is 1. The average molecular weight is 281 g/mol. The molecule has 0 saturated carbocycles. The lowest BCUT2D eigenvalue weighted by molar-refractivity contribution is 0.102. The van der Waals surface area contributed by atoms with Crippen LogP contribution < -0.4 is 11.2 Å². The highest BCUT2D eigenvalue weighted by Crippen LogP contribution is 2.13. The van der Waals surface area contributed by atoms with Gasteiger partial charge in [-0.3, -0.25) is 5.43 Å². The molecule has 0 spiro atoms. The van der Waals surface area contributed by atoms with Crippen molar-refractivity contribution < 1.29 is 9.60 Å². The van der Waals surface area contributed by atoms with E-state index in [0.29, 0.717) is 12.1 Å². The molecule has 1 aromatic carbocycles. The van der Waals surface area contributed by atoms with Gasteiger partial charge in [0, 0.05) is 38.3 Å². The van der Waals surface area contributed by atoms with Crippen molar-refractivity contribution in [1.29, 1.82) is 0 Å². The number of hydrazine groups is 1. The van der Waals surface area contributed by atoms with E-state index in [2.05, 4.69) is 27.5 Å². The molecule has 0 bridgehead atoms. The minimum Gasteiger partial charge on any atom is -0.409 e. The largest absolute Gasteiger partial charge is 0.409 e. The van der Waals surface area contributed by atoms with Gasteiger partial charge in [0.1, 0.15) is 5.82 Å². The number of nitrogens with two attached hydrogens (primary N) is 1. The van der Waals surface area contributed by atoms with Gasteiger partial charge in [-0.15, -0.1) is 0 Å². The molecule has 0 atom stereocenters. The molecule has 6 nitrogen and oxygen atoms in total. The molecule has 0 aromatic heterocycles. The predicted molar refractivity (Wildman–Crippen MR) is 74.8 cm³/mol. The monoisotopic (exact) mass is 281 g/mol. The van der Waals surface area contributed by atoms with E-state index in [1.165, 1.54) is 6.07 Å². The van der Waals surface area contributed by atoms with Crippen molar-refractivity contribution in [2.45, 2.75) is 6.54 Å². The summed E-state index contributed by atoms with van der Waals surface area (Å²) in [6, 6.07) is 4.87. The molecule has 1 aliphatic heterocycles. The number of hydrogen-bond acceptors (Lipinski definition) is 5. The SMILES string of the molecule is CN1CCN(NCc2cccc(/C(N)=N/O)c2F)CC1. The third-order valence-corrected chi connectivity index (χ3v) is 3.46. The Bertz CT molecular complexity index is 486. The summed E-state index contributed by atoms with van der Waals surface area (Å²) in [5.74, 6) is -0.673. The van der Waals surface area contributed by atoms with Crippen LogP contribution in [0.1, 0.15) is 11.1 Å². The zero-order valence-electron chi connectivity index (χ0n) is 11.5. The van der Waals surface area contributed by atoms with Crippen LogP contribution >= 0.6 is 0 Å². The van der Waals surface area contributed by atoms with E-state index in [-0.39, 0.29) is 11.4 Å². The van der Waals surface area contributed by atoms with Crippen molar-refractivity contribution in [2.24, 2.45) is 10.9 Å². The number of halogens is 1. The van der Waals surface area contributed by atoms with E-state index in [0.717, 1.165) is 26.2 Å². The van der Waals surface area contributed by atoms with E-state index >= 15 is 0 Å². The molecule has 2 rings (SSSR count). The Kier molecular flexibility index (Phi) is 4.89. The normalized spacial score (nSPS) is 18.4. The van der Waals surface area contributed by atoms with Crippen molar-refractivity contribution in [2.75, 3.05) is 33.2 Å². The molecule has 4 N–H and O–H groups in total. The zero-order valence-corrected chi connectivity index (χ0v) is 11.5. The van der Waals surface area contributed by atoms with Crippen LogP contribution in [0, 0.1) is 5.82 Å².